The summed E-state index contributed by atoms with van der Waals surface area (Å²) in [7, 11) is 3.16. The summed E-state index contributed by atoms with van der Waals surface area (Å²) in [4.78, 5) is 32.3. The molecule has 0 aliphatic carbocycles. The van der Waals surface area contributed by atoms with Crippen molar-refractivity contribution in [3.63, 3.8) is 0 Å². The summed E-state index contributed by atoms with van der Waals surface area (Å²) in [6.45, 7) is 4.07. The first-order valence-corrected chi connectivity index (χ1v) is 9.59. The van der Waals surface area contributed by atoms with Gasteiger partial charge in [-0.2, -0.15) is 4.98 Å². The van der Waals surface area contributed by atoms with Crippen molar-refractivity contribution in [1.82, 2.24) is 18.7 Å². The molecule has 1 aliphatic rings. The first kappa shape index (κ1) is 18.5. The minimum Gasteiger partial charge on any atom is -0.341 e. The van der Waals surface area contributed by atoms with E-state index in [1.54, 1.807) is 7.05 Å². The van der Waals surface area contributed by atoms with E-state index in [0.29, 0.717) is 30.2 Å². The minimum absolute atomic E-state index is 0.0765. The van der Waals surface area contributed by atoms with Crippen LogP contribution in [0.2, 0.25) is 0 Å². The fourth-order valence-electron chi connectivity index (χ4n) is 4.01. The van der Waals surface area contributed by atoms with Gasteiger partial charge in [-0.15, -0.1) is 0 Å². The van der Waals surface area contributed by atoms with E-state index < -0.39 is 0 Å². The zero-order chi connectivity index (χ0) is 20.0. The Kier molecular flexibility index (Phi) is 4.58. The van der Waals surface area contributed by atoms with Crippen molar-refractivity contribution >= 4 is 17.1 Å². The summed E-state index contributed by atoms with van der Waals surface area (Å²) in [5, 5.41) is 0. The average molecular weight is 382 g/mol. The maximum atomic E-state index is 13.0. The fourth-order valence-corrected chi connectivity index (χ4v) is 4.01. The lowest BCUT2D eigenvalue weighted by Gasteiger charge is -2.31. The van der Waals surface area contributed by atoms with Gasteiger partial charge in [-0.25, -0.2) is 4.79 Å². The monoisotopic (exact) mass is 382 g/mol. The summed E-state index contributed by atoms with van der Waals surface area (Å²) in [5.41, 5.74) is 8.58. The van der Waals surface area contributed by atoms with Crippen molar-refractivity contribution in [1.29, 1.82) is 0 Å². The topological polar surface area (TPSA) is 91.1 Å². The molecule has 3 heterocycles. The molecule has 8 heteroatoms. The smallest absolute Gasteiger partial charge is 0.332 e. The van der Waals surface area contributed by atoms with E-state index in [2.05, 4.69) is 11.0 Å². The summed E-state index contributed by atoms with van der Waals surface area (Å²) in [6, 6.07) is 8.27. The van der Waals surface area contributed by atoms with Gasteiger partial charge in [0.2, 0.25) is 5.95 Å². The Labute approximate surface area is 162 Å². The van der Waals surface area contributed by atoms with Gasteiger partial charge in [0.05, 0.1) is 6.54 Å². The van der Waals surface area contributed by atoms with Gasteiger partial charge >= 0.3 is 5.69 Å². The maximum Gasteiger partial charge on any atom is 0.332 e. The highest BCUT2D eigenvalue weighted by Crippen LogP contribution is 2.24. The van der Waals surface area contributed by atoms with Crippen LogP contribution in [0, 0.1) is 6.92 Å². The summed E-state index contributed by atoms with van der Waals surface area (Å²) < 4.78 is 4.52. The summed E-state index contributed by atoms with van der Waals surface area (Å²) >= 11 is 0. The number of hydrogen-bond donors (Lipinski definition) is 1. The Balaban J connectivity index is 1.96. The number of aromatic nitrogens is 4. The largest absolute Gasteiger partial charge is 0.341 e. The van der Waals surface area contributed by atoms with Gasteiger partial charge in [0.15, 0.2) is 11.2 Å². The van der Waals surface area contributed by atoms with Crippen molar-refractivity contribution in [2.75, 3.05) is 18.0 Å². The lowest BCUT2D eigenvalue weighted by Crippen LogP contribution is -2.44. The second-order valence-electron chi connectivity index (χ2n) is 7.71. The fraction of sp³-hybridized carbons (Fsp3) is 0.450. The molecular weight excluding hydrogens is 356 g/mol. The van der Waals surface area contributed by atoms with Crippen LogP contribution in [-0.4, -0.2) is 37.8 Å². The molecule has 1 atom stereocenters. The molecule has 28 heavy (non-hydrogen) atoms. The Morgan fingerprint density at radius 3 is 2.71 bits per heavy atom. The molecule has 0 bridgehead atoms. The van der Waals surface area contributed by atoms with E-state index >= 15 is 0 Å². The van der Waals surface area contributed by atoms with Gasteiger partial charge in [0.1, 0.15) is 0 Å². The Morgan fingerprint density at radius 1 is 1.21 bits per heavy atom. The van der Waals surface area contributed by atoms with Crippen molar-refractivity contribution in [2.45, 2.75) is 32.4 Å². The molecule has 1 saturated heterocycles. The number of hydrogen-bond acceptors (Lipinski definition) is 5. The third-order valence-electron chi connectivity index (χ3n) is 5.49. The standard InChI is InChI=1S/C20H26N6O2/c1-13-6-4-7-14(10-13)11-26-16-17(23(2)20(28)24(3)18(16)27)22-19(26)25-9-5-8-15(21)12-25/h4,6-7,10,15H,5,8-9,11-12,21H2,1-3H3. The van der Waals surface area contributed by atoms with Crippen LogP contribution in [0.5, 0.6) is 0 Å². The number of piperidine rings is 1. The second-order valence-corrected chi connectivity index (χ2v) is 7.71. The Hall–Kier alpha value is -2.87. The molecular formula is C20H26N6O2. The lowest BCUT2D eigenvalue weighted by molar-refractivity contribution is 0.495. The van der Waals surface area contributed by atoms with Crippen LogP contribution < -0.4 is 21.9 Å². The molecule has 148 valence electrons. The molecule has 8 nitrogen and oxygen atoms in total. The van der Waals surface area contributed by atoms with Gasteiger partial charge in [0, 0.05) is 33.2 Å². The number of benzene rings is 1. The highest BCUT2D eigenvalue weighted by molar-refractivity contribution is 5.75. The van der Waals surface area contributed by atoms with Gasteiger partial charge in [0.25, 0.3) is 5.56 Å². The van der Waals surface area contributed by atoms with Gasteiger partial charge in [-0.1, -0.05) is 29.8 Å². The third-order valence-corrected chi connectivity index (χ3v) is 5.49. The normalized spacial score (nSPS) is 17.4. The molecule has 4 rings (SSSR count). The highest BCUT2D eigenvalue weighted by atomic mass is 16.2. The van der Waals surface area contributed by atoms with Crippen LogP contribution in [-0.2, 0) is 20.6 Å². The van der Waals surface area contributed by atoms with E-state index in [-0.39, 0.29) is 17.3 Å². The van der Waals surface area contributed by atoms with Gasteiger partial charge in [-0.3, -0.25) is 18.5 Å². The predicted molar refractivity (Wildman–Crippen MR) is 110 cm³/mol. The zero-order valence-corrected chi connectivity index (χ0v) is 16.6. The van der Waals surface area contributed by atoms with Crippen molar-refractivity contribution < 1.29 is 0 Å². The number of anilines is 1. The van der Waals surface area contributed by atoms with Crippen LogP contribution in [0.3, 0.4) is 0 Å². The molecule has 0 amide bonds. The minimum atomic E-state index is -0.375. The van der Waals surface area contributed by atoms with Crippen LogP contribution in [0.15, 0.2) is 33.9 Å². The second kappa shape index (κ2) is 6.94. The number of aryl methyl sites for hydroxylation is 2. The molecule has 1 aromatic carbocycles. The first-order valence-electron chi connectivity index (χ1n) is 9.59. The molecule has 0 spiro atoms. The predicted octanol–water partition coefficient (Wildman–Crippen LogP) is 0.718. The summed E-state index contributed by atoms with van der Waals surface area (Å²) in [5.74, 6) is 0.699. The van der Waals surface area contributed by atoms with Gasteiger partial charge < -0.3 is 10.6 Å². The number of rotatable bonds is 3. The van der Waals surface area contributed by atoms with Crippen LogP contribution >= 0.6 is 0 Å². The Morgan fingerprint density at radius 2 is 2.00 bits per heavy atom. The van der Waals surface area contributed by atoms with E-state index in [1.807, 2.05) is 29.7 Å². The molecule has 1 aliphatic heterocycles. The Bertz CT molecular complexity index is 1160. The average Bonchev–Trinajstić information content (AvgIpc) is 3.04. The van der Waals surface area contributed by atoms with Crippen molar-refractivity contribution in [3.8, 4) is 0 Å². The van der Waals surface area contributed by atoms with E-state index in [4.69, 9.17) is 10.7 Å². The first-order chi connectivity index (χ1) is 13.4. The van der Waals surface area contributed by atoms with Crippen LogP contribution in [0.4, 0.5) is 5.95 Å². The molecule has 0 radical (unpaired) electrons. The maximum absolute atomic E-state index is 13.0. The number of nitrogens with zero attached hydrogens (tertiary/aromatic N) is 5. The molecule has 2 aromatic heterocycles. The van der Waals surface area contributed by atoms with Crippen LogP contribution in [0.1, 0.15) is 24.0 Å². The molecule has 0 saturated carbocycles. The molecule has 3 aromatic rings. The third kappa shape index (κ3) is 3.03. The van der Waals surface area contributed by atoms with E-state index in [0.717, 1.165) is 35.1 Å². The van der Waals surface area contributed by atoms with E-state index in [1.165, 1.54) is 11.6 Å². The number of nitrogens with two attached hydrogens (primary N) is 1. The van der Waals surface area contributed by atoms with Gasteiger partial charge in [-0.05, 0) is 25.3 Å². The number of fused-ring (bicyclic) bond motifs is 1. The lowest BCUT2D eigenvalue weighted by atomic mass is 10.1. The quantitative estimate of drug-likeness (QED) is 0.721. The van der Waals surface area contributed by atoms with Crippen molar-refractivity contribution in [2.24, 2.45) is 19.8 Å². The van der Waals surface area contributed by atoms with E-state index in [9.17, 15) is 9.59 Å². The van der Waals surface area contributed by atoms with Crippen LogP contribution in [0.25, 0.3) is 11.2 Å². The number of imidazole rings is 1. The molecule has 1 unspecified atom stereocenters. The zero-order valence-electron chi connectivity index (χ0n) is 16.6. The summed E-state index contributed by atoms with van der Waals surface area (Å²) in [6.07, 6.45) is 1.96. The molecule has 2 N–H and O–H groups in total. The highest BCUT2D eigenvalue weighted by Gasteiger charge is 2.25. The molecule has 1 fully saturated rings. The SMILES string of the molecule is Cc1cccc(Cn2c(N3CCCC(N)C3)nc3c2c(=O)n(C)c(=O)n3C)c1. The van der Waals surface area contributed by atoms with Crippen molar-refractivity contribution in [3.05, 3.63) is 56.2 Å².